The Morgan fingerprint density at radius 1 is 1.25 bits per heavy atom. The van der Waals surface area contributed by atoms with Gasteiger partial charge in [-0.3, -0.25) is 0 Å². The molecule has 1 unspecified atom stereocenters. The molecule has 2 rings (SSSR count). The van der Waals surface area contributed by atoms with E-state index in [0.717, 1.165) is 5.56 Å². The second kappa shape index (κ2) is 6.81. The molecule has 0 bridgehead atoms. The molecule has 0 radical (unpaired) electrons. The van der Waals surface area contributed by atoms with Gasteiger partial charge in [0.1, 0.15) is 5.75 Å². The highest BCUT2D eigenvalue weighted by molar-refractivity contribution is 7.08. The predicted molar refractivity (Wildman–Crippen MR) is 77.4 cm³/mol. The summed E-state index contributed by atoms with van der Waals surface area (Å²) in [5, 5.41) is 7.52. The number of hydrogen-bond acceptors (Lipinski definition) is 3. The standard InChI is InChI=1S/C15H17F2NOS/c1-10-8-20-9-12(10)7-18-11(2)13-5-3-4-6-14(13)19-15(16)17/h3-6,8-9,11,15,18H,7H2,1-2H3. The van der Waals surface area contributed by atoms with Crippen LogP contribution in [0.2, 0.25) is 0 Å². The first-order valence-electron chi connectivity index (χ1n) is 6.36. The number of rotatable bonds is 6. The number of para-hydroxylation sites is 1. The van der Waals surface area contributed by atoms with Gasteiger partial charge in [0.05, 0.1) is 0 Å². The molecule has 1 heterocycles. The van der Waals surface area contributed by atoms with Crippen LogP contribution >= 0.6 is 11.3 Å². The van der Waals surface area contributed by atoms with Gasteiger partial charge in [-0.2, -0.15) is 20.1 Å². The smallest absolute Gasteiger partial charge is 0.387 e. The van der Waals surface area contributed by atoms with Gasteiger partial charge >= 0.3 is 6.61 Å². The summed E-state index contributed by atoms with van der Waals surface area (Å²) >= 11 is 1.66. The average molecular weight is 297 g/mol. The zero-order chi connectivity index (χ0) is 14.5. The summed E-state index contributed by atoms with van der Waals surface area (Å²) in [6.07, 6.45) is 0. The Morgan fingerprint density at radius 3 is 2.65 bits per heavy atom. The van der Waals surface area contributed by atoms with E-state index in [4.69, 9.17) is 0 Å². The topological polar surface area (TPSA) is 21.3 Å². The third-order valence-electron chi connectivity index (χ3n) is 3.16. The molecule has 0 aliphatic carbocycles. The maximum Gasteiger partial charge on any atom is 0.387 e. The van der Waals surface area contributed by atoms with Crippen molar-refractivity contribution in [1.29, 1.82) is 0 Å². The normalized spacial score (nSPS) is 12.7. The van der Waals surface area contributed by atoms with Crippen LogP contribution in [-0.4, -0.2) is 6.61 Å². The summed E-state index contributed by atoms with van der Waals surface area (Å²) in [6.45, 7) is 1.91. The number of nitrogens with one attached hydrogen (secondary N) is 1. The van der Waals surface area contributed by atoms with Crippen molar-refractivity contribution in [3.8, 4) is 5.75 Å². The van der Waals surface area contributed by atoms with Crippen LogP contribution in [0, 0.1) is 6.92 Å². The molecule has 0 aliphatic heterocycles. The SMILES string of the molecule is Cc1cscc1CNC(C)c1ccccc1OC(F)F. The lowest BCUT2D eigenvalue weighted by molar-refractivity contribution is -0.0506. The maximum absolute atomic E-state index is 12.4. The zero-order valence-corrected chi connectivity index (χ0v) is 12.2. The van der Waals surface area contributed by atoms with Crippen LogP contribution in [0.15, 0.2) is 35.0 Å². The van der Waals surface area contributed by atoms with Crippen molar-refractivity contribution in [3.63, 3.8) is 0 Å². The van der Waals surface area contributed by atoms with Crippen molar-refractivity contribution in [2.45, 2.75) is 33.0 Å². The fraction of sp³-hybridized carbons (Fsp3) is 0.333. The van der Waals surface area contributed by atoms with Crippen molar-refractivity contribution < 1.29 is 13.5 Å². The third-order valence-corrected chi connectivity index (χ3v) is 4.07. The maximum atomic E-state index is 12.4. The van der Waals surface area contributed by atoms with Crippen molar-refractivity contribution in [3.05, 3.63) is 51.7 Å². The van der Waals surface area contributed by atoms with Crippen LogP contribution in [0.4, 0.5) is 8.78 Å². The molecule has 1 aromatic carbocycles. The fourth-order valence-corrected chi connectivity index (χ4v) is 2.84. The third kappa shape index (κ3) is 3.77. The molecule has 0 saturated carbocycles. The van der Waals surface area contributed by atoms with Crippen LogP contribution in [0.5, 0.6) is 5.75 Å². The minimum absolute atomic E-state index is 0.0655. The molecule has 108 valence electrons. The quantitative estimate of drug-likeness (QED) is 0.847. The van der Waals surface area contributed by atoms with Gasteiger partial charge in [-0.05, 0) is 41.8 Å². The van der Waals surface area contributed by atoms with E-state index in [1.165, 1.54) is 11.1 Å². The summed E-state index contributed by atoms with van der Waals surface area (Å²) in [4.78, 5) is 0. The van der Waals surface area contributed by atoms with Gasteiger partial charge in [0.15, 0.2) is 0 Å². The molecule has 20 heavy (non-hydrogen) atoms. The van der Waals surface area contributed by atoms with Crippen LogP contribution in [-0.2, 0) is 6.54 Å². The number of halogens is 2. The highest BCUT2D eigenvalue weighted by Crippen LogP contribution is 2.26. The van der Waals surface area contributed by atoms with Gasteiger partial charge in [-0.25, -0.2) is 0 Å². The Bertz CT molecular complexity index is 556. The van der Waals surface area contributed by atoms with Gasteiger partial charge in [-0.1, -0.05) is 18.2 Å². The van der Waals surface area contributed by atoms with Gasteiger partial charge in [0.25, 0.3) is 0 Å². The van der Waals surface area contributed by atoms with Gasteiger partial charge < -0.3 is 10.1 Å². The van der Waals surface area contributed by atoms with Gasteiger partial charge in [0.2, 0.25) is 0 Å². The summed E-state index contributed by atoms with van der Waals surface area (Å²) in [7, 11) is 0. The summed E-state index contributed by atoms with van der Waals surface area (Å²) < 4.78 is 29.3. The molecule has 2 nitrogen and oxygen atoms in total. The molecule has 0 spiro atoms. The molecule has 1 aromatic heterocycles. The first kappa shape index (κ1) is 14.9. The van der Waals surface area contributed by atoms with E-state index in [0.29, 0.717) is 6.54 Å². The van der Waals surface area contributed by atoms with E-state index in [1.54, 1.807) is 29.5 Å². The minimum atomic E-state index is -2.80. The van der Waals surface area contributed by atoms with Crippen LogP contribution < -0.4 is 10.1 Å². The lowest BCUT2D eigenvalue weighted by Gasteiger charge is -2.18. The van der Waals surface area contributed by atoms with Crippen LogP contribution in [0.3, 0.4) is 0 Å². The van der Waals surface area contributed by atoms with E-state index in [-0.39, 0.29) is 11.8 Å². The van der Waals surface area contributed by atoms with E-state index in [9.17, 15) is 8.78 Å². The Labute approximate surface area is 121 Å². The molecule has 1 atom stereocenters. The predicted octanol–water partition coefficient (Wildman–Crippen LogP) is 4.51. The second-order valence-electron chi connectivity index (χ2n) is 4.60. The van der Waals surface area contributed by atoms with Gasteiger partial charge in [-0.15, -0.1) is 0 Å². The van der Waals surface area contributed by atoms with Crippen LogP contribution in [0.25, 0.3) is 0 Å². The van der Waals surface area contributed by atoms with Crippen molar-refractivity contribution in [2.24, 2.45) is 0 Å². The Kier molecular flexibility index (Phi) is 5.09. The Morgan fingerprint density at radius 2 is 2.00 bits per heavy atom. The van der Waals surface area contributed by atoms with E-state index in [1.807, 2.05) is 13.0 Å². The van der Waals surface area contributed by atoms with E-state index in [2.05, 4.69) is 27.7 Å². The van der Waals surface area contributed by atoms with E-state index < -0.39 is 6.61 Å². The first-order valence-corrected chi connectivity index (χ1v) is 7.31. The second-order valence-corrected chi connectivity index (χ2v) is 5.34. The average Bonchev–Trinajstić information content (AvgIpc) is 2.81. The Hall–Kier alpha value is -1.46. The lowest BCUT2D eigenvalue weighted by Crippen LogP contribution is -2.19. The summed E-state index contributed by atoms with van der Waals surface area (Å²) in [5.74, 6) is 0.226. The molecule has 1 N–H and O–H groups in total. The molecule has 0 fully saturated rings. The molecular weight excluding hydrogens is 280 g/mol. The Balaban J connectivity index is 2.05. The first-order chi connectivity index (χ1) is 9.58. The molecule has 0 saturated heterocycles. The monoisotopic (exact) mass is 297 g/mol. The molecule has 2 aromatic rings. The highest BCUT2D eigenvalue weighted by atomic mass is 32.1. The highest BCUT2D eigenvalue weighted by Gasteiger charge is 2.14. The summed E-state index contributed by atoms with van der Waals surface area (Å²) in [6, 6.07) is 6.81. The molecule has 5 heteroatoms. The van der Waals surface area contributed by atoms with Crippen molar-refractivity contribution in [2.75, 3.05) is 0 Å². The van der Waals surface area contributed by atoms with Crippen molar-refractivity contribution in [1.82, 2.24) is 5.32 Å². The molecule has 0 aliphatic rings. The fourth-order valence-electron chi connectivity index (χ4n) is 1.98. The van der Waals surface area contributed by atoms with Gasteiger partial charge in [0, 0.05) is 18.2 Å². The molecule has 0 amide bonds. The van der Waals surface area contributed by atoms with Crippen LogP contribution in [0.1, 0.15) is 29.7 Å². The number of aryl methyl sites for hydroxylation is 1. The van der Waals surface area contributed by atoms with E-state index >= 15 is 0 Å². The lowest BCUT2D eigenvalue weighted by atomic mass is 10.1. The molecular formula is C15H17F2NOS. The number of thiophene rings is 1. The number of alkyl halides is 2. The number of hydrogen-bond donors (Lipinski definition) is 1. The minimum Gasteiger partial charge on any atom is -0.434 e. The zero-order valence-electron chi connectivity index (χ0n) is 11.4. The largest absolute Gasteiger partial charge is 0.434 e. The number of benzene rings is 1. The van der Waals surface area contributed by atoms with Crippen molar-refractivity contribution >= 4 is 11.3 Å². The number of ether oxygens (including phenoxy) is 1. The summed E-state index contributed by atoms with van der Waals surface area (Å²) in [5.41, 5.74) is 3.21.